The van der Waals surface area contributed by atoms with Gasteiger partial charge in [0.25, 0.3) is 0 Å². The summed E-state index contributed by atoms with van der Waals surface area (Å²) in [5.41, 5.74) is 11.4. The lowest BCUT2D eigenvalue weighted by molar-refractivity contribution is 0.0518. The summed E-state index contributed by atoms with van der Waals surface area (Å²) in [7, 11) is 1.78. The van der Waals surface area contributed by atoms with Crippen LogP contribution in [0.4, 0.5) is 0 Å². The first kappa shape index (κ1) is 31.1. The smallest absolute Gasteiger partial charge is 0.0700 e. The maximum Gasteiger partial charge on any atom is 0.0700 e. The second kappa shape index (κ2) is 9.41. The molecule has 1 aliphatic heterocycles. The van der Waals surface area contributed by atoms with E-state index in [1.165, 1.54) is 43.4 Å². The van der Waals surface area contributed by atoms with E-state index in [0.29, 0.717) is 25.2 Å². The molecule has 1 spiro atoms. The Kier molecular flexibility index (Phi) is 4.71. The summed E-state index contributed by atoms with van der Waals surface area (Å²) in [5, 5.41) is 41.1. The normalized spacial score (nSPS) is 22.2. The van der Waals surface area contributed by atoms with Gasteiger partial charge in [0.15, 0.2) is 0 Å². The van der Waals surface area contributed by atoms with Crippen molar-refractivity contribution in [1.29, 1.82) is 0 Å². The van der Waals surface area contributed by atoms with Crippen molar-refractivity contribution in [2.45, 2.75) is 50.5 Å². The molecule has 0 amide bonds. The second-order valence-corrected chi connectivity index (χ2v) is 21.0. The van der Waals surface area contributed by atoms with Crippen LogP contribution in [0.3, 0.4) is 0 Å². The van der Waals surface area contributed by atoms with E-state index in [9.17, 15) is 0 Å². The molecule has 62 heavy (non-hydrogen) atoms. The summed E-state index contributed by atoms with van der Waals surface area (Å²) >= 11 is 0. The molecule has 0 saturated carbocycles. The Morgan fingerprint density at radius 1 is 0.597 bits per heavy atom. The fraction of sp³-hybridized carbons (Fsp3) is 0.254. The number of hydrogen-bond donors (Lipinski definition) is 0. The van der Waals surface area contributed by atoms with Gasteiger partial charge < -0.3 is 9.47 Å². The predicted octanol–water partition coefficient (Wildman–Crippen LogP) is 11.4. The quantitative estimate of drug-likeness (QED) is 0.107. The molecule has 4 aliphatic carbocycles. The zero-order valence-corrected chi connectivity index (χ0v) is 34.8. The maximum absolute atomic E-state index is 6.36. The summed E-state index contributed by atoms with van der Waals surface area (Å²) in [6.07, 6.45) is 5.59. The van der Waals surface area contributed by atoms with E-state index in [1.807, 2.05) is 0 Å². The van der Waals surface area contributed by atoms with Crippen LogP contribution in [0, 0.1) is 12.8 Å². The van der Waals surface area contributed by atoms with Gasteiger partial charge in [0.1, 0.15) is 0 Å². The first-order valence-electron chi connectivity index (χ1n) is 23.4. The minimum Gasteiger partial charge on any atom is -0.382 e. The van der Waals surface area contributed by atoms with E-state index in [0.717, 1.165) is 51.8 Å². The van der Waals surface area contributed by atoms with E-state index in [-0.39, 0.29) is 5.41 Å². The average Bonchev–Trinajstić information content (AvgIpc) is 4.14. The fourth-order valence-electron chi connectivity index (χ4n) is 17.3. The van der Waals surface area contributed by atoms with Crippen molar-refractivity contribution in [2.24, 2.45) is 5.92 Å². The molecule has 1 heterocycles. The molecule has 19 rings (SSSR count). The third-order valence-corrected chi connectivity index (χ3v) is 18.9. The highest BCUT2D eigenvalue weighted by molar-refractivity contribution is 6.63. The molecule has 292 valence electrons. The molecular weight excluding hydrogens is 755 g/mol. The number of nitrogens with zero attached hydrogens (tertiary/aromatic N) is 1. The Morgan fingerprint density at radius 2 is 1.24 bits per heavy atom. The van der Waals surface area contributed by atoms with Crippen LogP contribution in [0.2, 0.25) is 0 Å². The summed E-state index contributed by atoms with van der Waals surface area (Å²) in [6, 6.07) is 27.5. The van der Waals surface area contributed by atoms with E-state index < -0.39 is 0 Å². The molecule has 0 N–H and O–H groups in total. The van der Waals surface area contributed by atoms with Crippen LogP contribution in [0.25, 0.3) is 140 Å². The highest BCUT2D eigenvalue weighted by Crippen LogP contribution is 2.69. The Labute approximate surface area is 354 Å². The first-order valence-corrected chi connectivity index (χ1v) is 23.4. The molecule has 3 atom stereocenters. The number of likely N-dealkylation sites (tertiary alicyclic amines) is 1. The topological polar surface area (TPSA) is 21.7 Å². The van der Waals surface area contributed by atoms with Crippen molar-refractivity contribution in [1.82, 2.24) is 4.90 Å². The number of hydrogen-bond acceptors (Lipinski definition) is 3. The number of ether oxygens (including phenoxy) is 2. The number of rotatable bonds is 9. The molecule has 5 aliphatic rings. The van der Waals surface area contributed by atoms with Gasteiger partial charge >= 0.3 is 0 Å². The molecule has 3 nitrogen and oxygen atoms in total. The predicted molar refractivity (Wildman–Crippen MR) is 258 cm³/mol. The number of methoxy groups -OCH3 is 1. The lowest BCUT2D eigenvalue weighted by Crippen LogP contribution is -2.48. The molecule has 0 bridgehead atoms. The van der Waals surface area contributed by atoms with Gasteiger partial charge in [-0.15, -0.1) is 0 Å². The zero-order valence-electron chi connectivity index (χ0n) is 34.8. The van der Waals surface area contributed by atoms with Crippen molar-refractivity contribution in [2.75, 3.05) is 40.0 Å². The van der Waals surface area contributed by atoms with E-state index >= 15 is 0 Å². The zero-order chi connectivity index (χ0) is 39.5. The van der Waals surface area contributed by atoms with E-state index in [4.69, 9.17) is 9.47 Å². The van der Waals surface area contributed by atoms with Crippen molar-refractivity contribution in [3.8, 4) is 0 Å². The van der Waals surface area contributed by atoms with Crippen LogP contribution in [0.1, 0.15) is 40.7 Å². The summed E-state index contributed by atoms with van der Waals surface area (Å²) < 4.78 is 11.8. The van der Waals surface area contributed by atoms with Crippen LogP contribution in [-0.4, -0.2) is 51.0 Å². The maximum atomic E-state index is 6.36. The molecule has 3 heteroatoms. The molecule has 1 saturated heterocycles. The van der Waals surface area contributed by atoms with Gasteiger partial charge in [-0.1, -0.05) is 59.7 Å². The number of fused-ring (bicyclic) bond motifs is 2. The number of aryl methyl sites for hydroxylation is 2. The van der Waals surface area contributed by atoms with Crippen molar-refractivity contribution in [3.63, 3.8) is 0 Å². The van der Waals surface area contributed by atoms with Crippen molar-refractivity contribution >= 4 is 140 Å². The van der Waals surface area contributed by atoms with E-state index in [1.54, 1.807) is 142 Å². The minimum absolute atomic E-state index is 0.00642. The average molecular weight is 794 g/mol. The molecule has 3 unspecified atom stereocenters. The first-order chi connectivity index (χ1) is 30.6. The molecule has 0 aromatic heterocycles. The fourth-order valence-corrected chi connectivity index (χ4v) is 17.3. The molecular formula is C59H39NO2. The minimum atomic E-state index is 0.00642. The summed E-state index contributed by atoms with van der Waals surface area (Å²) in [5.74, 6) is 0.470. The van der Waals surface area contributed by atoms with E-state index in [2.05, 4.69) is 78.6 Å². The second-order valence-electron chi connectivity index (χ2n) is 21.0. The molecule has 14 aromatic rings. The van der Waals surface area contributed by atoms with Gasteiger partial charge in [-0.05, 0) is 225 Å². The largest absolute Gasteiger partial charge is 0.382 e. The SMILES string of the molecule is COCCOCCN1CC2C3=c4c5c6c7c(cc8cc9cc%10cc%11cc%12c%13c(c4c4c5c5c7c8c7c9c%10c8c%11c%13c4c8c75)=C(C3)C%12)CC62C1CCc1cccc2c(C)cccc12. The molecule has 0 radical (unpaired) electrons. The van der Waals surface area contributed by atoms with Crippen LogP contribution in [-0.2, 0) is 34.2 Å². The van der Waals surface area contributed by atoms with Crippen LogP contribution in [0.15, 0.2) is 66.7 Å². The highest BCUT2D eigenvalue weighted by Gasteiger charge is 2.61. The Hall–Kier alpha value is -5.84. The third-order valence-electron chi connectivity index (χ3n) is 18.9. The highest BCUT2D eigenvalue weighted by atomic mass is 16.5. The van der Waals surface area contributed by atoms with Crippen LogP contribution in [0.5, 0.6) is 0 Å². The van der Waals surface area contributed by atoms with Crippen LogP contribution < -0.4 is 10.4 Å². The Morgan fingerprint density at radius 3 is 2.03 bits per heavy atom. The van der Waals surface area contributed by atoms with Crippen LogP contribution >= 0.6 is 0 Å². The molecule has 1 fully saturated rings. The lowest BCUT2D eigenvalue weighted by atomic mass is 9.60. The standard InChI is InChI=1S/C59H39NO2/c1-24-5-3-8-34-25(6-4-7-33(24)34)9-10-37-59-22-32-20-30-18-27-15-26-16-29-17-28-19-31-21-35(36(59)23-60(37)11-12-62-14-13-61-2)45-50-41(31)40(28)47-42(29)46-38(26)39(27)48-43(30)49-44(32)58(59)57(45)56-54(49)52(48)51(46)53(47)55(50)56/h3-8,15-18,20,36-37H,9-14,19,21-23H2,1-2H3. The van der Waals surface area contributed by atoms with Gasteiger partial charge in [0.2, 0.25) is 0 Å². The van der Waals surface area contributed by atoms with Gasteiger partial charge in [-0.25, -0.2) is 0 Å². The van der Waals surface area contributed by atoms with Crippen molar-refractivity contribution < 1.29 is 9.47 Å². The van der Waals surface area contributed by atoms with Crippen molar-refractivity contribution in [3.05, 3.63) is 105 Å². The van der Waals surface area contributed by atoms with Gasteiger partial charge in [0.05, 0.1) is 19.8 Å². The lowest BCUT2D eigenvalue weighted by Gasteiger charge is -2.43. The summed E-state index contributed by atoms with van der Waals surface area (Å²) in [4.78, 5) is 2.95. The Balaban J connectivity index is 0.989. The number of benzene rings is 10. The Bertz CT molecular complexity index is 4500. The summed E-state index contributed by atoms with van der Waals surface area (Å²) in [6.45, 7) is 6.38. The van der Waals surface area contributed by atoms with Gasteiger partial charge in [-0.2, -0.15) is 0 Å². The van der Waals surface area contributed by atoms with Gasteiger partial charge in [-0.3, -0.25) is 4.90 Å². The van der Waals surface area contributed by atoms with Gasteiger partial charge in [0, 0.05) is 37.6 Å². The third kappa shape index (κ3) is 2.82. The monoisotopic (exact) mass is 793 g/mol. The molecule has 14 aromatic carbocycles.